The molecule has 5 heteroatoms. The van der Waals surface area contributed by atoms with Crippen LogP contribution in [0.3, 0.4) is 0 Å². The number of hydrogen-bond donors (Lipinski definition) is 0. The van der Waals surface area contributed by atoms with Gasteiger partial charge in [-0.05, 0) is 92.7 Å². The Bertz CT molecular complexity index is 3900. The van der Waals surface area contributed by atoms with Crippen LogP contribution >= 0.6 is 0 Å². The van der Waals surface area contributed by atoms with Crippen molar-refractivity contribution in [2.75, 3.05) is 4.90 Å². The maximum atomic E-state index is 5.90. The smallest absolute Gasteiger partial charge is 0.165 e. The van der Waals surface area contributed by atoms with Crippen LogP contribution in [0.2, 0.25) is 0 Å². The van der Waals surface area contributed by atoms with Gasteiger partial charge in [0.05, 0.1) is 27.8 Å². The molecule has 0 saturated carbocycles. The van der Waals surface area contributed by atoms with E-state index in [0.717, 1.165) is 61.2 Å². The van der Waals surface area contributed by atoms with E-state index in [-0.39, 0.29) is 10.8 Å². The average Bonchev–Trinajstić information content (AvgIpc) is 3.99. The number of nitrogens with zero attached hydrogens (tertiary/aromatic N) is 5. The highest BCUT2D eigenvalue weighted by Crippen LogP contribution is 2.50. The van der Waals surface area contributed by atoms with Crippen molar-refractivity contribution >= 4 is 115 Å². The zero-order chi connectivity index (χ0) is 41.1. The quantitative estimate of drug-likeness (QED) is 0.179. The number of rotatable bonds is 3. The van der Waals surface area contributed by atoms with Crippen molar-refractivity contribution in [3.05, 3.63) is 163 Å². The minimum atomic E-state index is -0.110. The third-order valence-corrected chi connectivity index (χ3v) is 13.4. The van der Waals surface area contributed by atoms with E-state index in [1.54, 1.807) is 0 Å². The van der Waals surface area contributed by atoms with Gasteiger partial charge in [-0.25, -0.2) is 9.97 Å². The number of para-hydroxylation sites is 2. The van der Waals surface area contributed by atoms with Gasteiger partial charge in [0.25, 0.3) is 0 Å². The summed E-state index contributed by atoms with van der Waals surface area (Å²) in [5, 5.41) is 12.1. The van der Waals surface area contributed by atoms with Gasteiger partial charge in [-0.2, -0.15) is 0 Å². The van der Waals surface area contributed by atoms with Crippen LogP contribution in [0.1, 0.15) is 52.7 Å². The number of hydrogen-bond acceptors (Lipinski definition) is 3. The first-order valence-electron chi connectivity index (χ1n) is 21.4. The van der Waals surface area contributed by atoms with E-state index in [2.05, 4.69) is 207 Å². The fraction of sp³-hybridized carbons (Fsp3) is 0.143. The van der Waals surface area contributed by atoms with Gasteiger partial charge in [0.15, 0.2) is 11.3 Å². The molecule has 0 saturated heterocycles. The van der Waals surface area contributed by atoms with E-state index in [4.69, 9.17) is 9.97 Å². The third-order valence-electron chi connectivity index (χ3n) is 13.4. The molecule has 0 fully saturated rings. The van der Waals surface area contributed by atoms with Crippen molar-refractivity contribution in [1.29, 1.82) is 0 Å². The lowest BCUT2D eigenvalue weighted by atomic mass is 9.85. The van der Waals surface area contributed by atoms with Crippen molar-refractivity contribution in [3.63, 3.8) is 0 Å². The van der Waals surface area contributed by atoms with E-state index in [1.165, 1.54) is 65.3 Å². The first-order chi connectivity index (χ1) is 29.5. The minimum absolute atomic E-state index is 0.0699. The Morgan fingerprint density at radius 2 is 0.869 bits per heavy atom. The lowest BCUT2D eigenvalue weighted by Crippen LogP contribution is -2.11. The van der Waals surface area contributed by atoms with Gasteiger partial charge >= 0.3 is 0 Å². The molecular weight excluding hydrogens is 743 g/mol. The molecule has 0 aliphatic heterocycles. The monoisotopic (exact) mass is 785 g/mol. The molecule has 13 aromatic rings. The Morgan fingerprint density at radius 1 is 0.393 bits per heavy atom. The Kier molecular flexibility index (Phi) is 6.66. The summed E-state index contributed by atoms with van der Waals surface area (Å²) < 4.78 is 4.89. The number of aromatic nitrogens is 4. The van der Waals surface area contributed by atoms with Crippen molar-refractivity contribution in [3.8, 4) is 0 Å². The third kappa shape index (κ3) is 4.61. The van der Waals surface area contributed by atoms with E-state index in [0.29, 0.717) is 0 Å². The highest BCUT2D eigenvalue weighted by molar-refractivity contribution is 6.32. The lowest BCUT2D eigenvalue weighted by molar-refractivity contribution is 0.591. The first kappa shape index (κ1) is 34.6. The van der Waals surface area contributed by atoms with Gasteiger partial charge in [0.1, 0.15) is 11.0 Å². The normalized spacial score (nSPS) is 13.1. The predicted molar refractivity (Wildman–Crippen MR) is 258 cm³/mol. The fourth-order valence-corrected chi connectivity index (χ4v) is 10.4. The molecule has 5 heterocycles. The topological polar surface area (TPSA) is 37.8 Å². The maximum absolute atomic E-state index is 5.90. The zero-order valence-corrected chi connectivity index (χ0v) is 35.2. The second-order valence-corrected chi connectivity index (χ2v) is 19.1. The molecule has 0 atom stereocenters. The summed E-state index contributed by atoms with van der Waals surface area (Å²) in [7, 11) is 0. The van der Waals surface area contributed by atoms with Crippen molar-refractivity contribution in [1.82, 2.24) is 18.8 Å². The molecule has 61 heavy (non-hydrogen) atoms. The molecule has 0 radical (unpaired) electrons. The molecule has 0 bridgehead atoms. The van der Waals surface area contributed by atoms with Crippen LogP contribution in [-0.4, -0.2) is 18.8 Å². The lowest BCUT2D eigenvalue weighted by Gasteiger charge is -2.27. The van der Waals surface area contributed by atoms with Gasteiger partial charge in [-0.1, -0.05) is 139 Å². The summed E-state index contributed by atoms with van der Waals surface area (Å²) in [5.41, 5.74) is 14.0. The van der Waals surface area contributed by atoms with Gasteiger partial charge in [0, 0.05) is 49.1 Å². The van der Waals surface area contributed by atoms with E-state index in [9.17, 15) is 0 Å². The largest absolute Gasteiger partial charge is 0.308 e. The second-order valence-electron chi connectivity index (χ2n) is 19.1. The highest BCUT2D eigenvalue weighted by atomic mass is 15.2. The summed E-state index contributed by atoms with van der Waals surface area (Å²) in [4.78, 5) is 14.2. The van der Waals surface area contributed by atoms with Crippen LogP contribution in [-0.2, 0) is 10.8 Å². The van der Waals surface area contributed by atoms with Crippen molar-refractivity contribution < 1.29 is 0 Å². The molecule has 292 valence electrons. The number of anilines is 3. The molecule has 5 aromatic heterocycles. The first-order valence-corrected chi connectivity index (χ1v) is 21.4. The second kappa shape index (κ2) is 11.7. The molecule has 0 amide bonds. The van der Waals surface area contributed by atoms with Crippen LogP contribution in [0.25, 0.3) is 98.3 Å². The van der Waals surface area contributed by atoms with Crippen LogP contribution in [0.4, 0.5) is 17.1 Å². The van der Waals surface area contributed by atoms with Crippen LogP contribution in [0, 0.1) is 0 Å². The zero-order valence-electron chi connectivity index (χ0n) is 35.2. The Morgan fingerprint density at radius 3 is 1.48 bits per heavy atom. The van der Waals surface area contributed by atoms with Gasteiger partial charge in [0.2, 0.25) is 0 Å². The van der Waals surface area contributed by atoms with Gasteiger partial charge in [-0.15, -0.1) is 0 Å². The SMILES string of the molecule is CC(C)(C)c1cc2c3nc4c(nc3n3c5c(N(c6ccccc6)c6ccccc6)cc6ccccc6c5c(c1)c23)c1cc(C(C)(C)C)cc2c3ccc5ccccc5c3n4c21. The average molecular weight is 786 g/mol. The van der Waals surface area contributed by atoms with Gasteiger partial charge < -0.3 is 4.90 Å². The summed E-state index contributed by atoms with van der Waals surface area (Å²) >= 11 is 0. The van der Waals surface area contributed by atoms with Crippen LogP contribution in [0.15, 0.2) is 152 Å². The molecule has 8 aromatic carbocycles. The molecule has 0 unspecified atom stereocenters. The van der Waals surface area contributed by atoms with Crippen molar-refractivity contribution in [2.24, 2.45) is 0 Å². The number of fused-ring (bicyclic) bond motifs is 16. The molecular formula is C56H43N5. The Hall–Kier alpha value is -7.24. The Balaban J connectivity index is 1.29. The highest BCUT2D eigenvalue weighted by Gasteiger charge is 2.31. The maximum Gasteiger partial charge on any atom is 0.165 e. The summed E-state index contributed by atoms with van der Waals surface area (Å²) in [5.74, 6) is 0. The number of benzene rings is 8. The van der Waals surface area contributed by atoms with E-state index < -0.39 is 0 Å². The molecule has 0 aliphatic rings. The van der Waals surface area contributed by atoms with Gasteiger partial charge in [-0.3, -0.25) is 8.80 Å². The van der Waals surface area contributed by atoms with Crippen LogP contribution < -0.4 is 4.90 Å². The molecule has 0 spiro atoms. The van der Waals surface area contributed by atoms with Crippen molar-refractivity contribution in [2.45, 2.75) is 52.4 Å². The molecule has 5 nitrogen and oxygen atoms in total. The van der Waals surface area contributed by atoms with E-state index in [1.807, 2.05) is 0 Å². The standard InChI is InChI=1S/C56H43N5/c1-55(2,3)34-28-41-40-26-25-32-17-13-16-24-39(32)49(40)60-50(41)43(30-34)47-53(60)57-48-44-31-35(56(4,5)6)29-42-46-38-23-15-14-18-33(38)27-45(52(46)61(51(42)44)54(48)58-47)59(36-19-9-7-10-20-36)37-21-11-8-12-22-37/h7-31H,1-6H3. The fourth-order valence-electron chi connectivity index (χ4n) is 10.4. The Labute approximate surface area is 352 Å². The predicted octanol–water partition coefficient (Wildman–Crippen LogP) is 15.1. The van der Waals surface area contributed by atoms with Crippen LogP contribution in [0.5, 0.6) is 0 Å². The minimum Gasteiger partial charge on any atom is -0.308 e. The molecule has 0 N–H and O–H groups in total. The molecule has 13 rings (SSSR count). The molecule has 0 aliphatic carbocycles. The summed E-state index contributed by atoms with van der Waals surface area (Å²) in [6, 6.07) is 55.8. The summed E-state index contributed by atoms with van der Waals surface area (Å²) in [6.07, 6.45) is 0. The van der Waals surface area contributed by atoms with E-state index >= 15 is 0 Å². The summed E-state index contributed by atoms with van der Waals surface area (Å²) in [6.45, 7) is 13.9.